The molecule has 0 unspecified atom stereocenters. The summed E-state index contributed by atoms with van der Waals surface area (Å²) in [5.41, 5.74) is -0.963. The molecule has 1 aromatic carbocycles. The van der Waals surface area contributed by atoms with E-state index in [4.69, 9.17) is 0 Å². The number of imide groups is 1. The summed E-state index contributed by atoms with van der Waals surface area (Å²) in [6.45, 7) is 2.07. The molecule has 3 amide bonds. The zero-order valence-electron chi connectivity index (χ0n) is 19.0. The van der Waals surface area contributed by atoms with E-state index in [0.29, 0.717) is 37.7 Å². The number of hydrogen-bond donors (Lipinski definition) is 0. The van der Waals surface area contributed by atoms with Crippen LogP contribution in [0.2, 0.25) is 0 Å². The van der Waals surface area contributed by atoms with Crippen molar-refractivity contribution < 1.29 is 18.8 Å². The van der Waals surface area contributed by atoms with Crippen LogP contribution in [-0.2, 0) is 19.8 Å². The summed E-state index contributed by atoms with van der Waals surface area (Å²) in [4.78, 5) is 53.9. The van der Waals surface area contributed by atoms with Crippen molar-refractivity contribution in [3.8, 4) is 0 Å². The van der Waals surface area contributed by atoms with E-state index in [1.807, 2.05) is 4.90 Å². The molecule has 1 aromatic heterocycles. The van der Waals surface area contributed by atoms with Gasteiger partial charge in [0, 0.05) is 57.5 Å². The van der Waals surface area contributed by atoms with Crippen LogP contribution in [0.15, 0.2) is 42.7 Å². The molecule has 2 aliphatic heterocycles. The summed E-state index contributed by atoms with van der Waals surface area (Å²) in [5.74, 6) is -0.693. The lowest BCUT2D eigenvalue weighted by atomic mass is 9.75. The molecule has 2 aromatic rings. The van der Waals surface area contributed by atoms with Gasteiger partial charge in [-0.05, 0) is 36.6 Å². The fourth-order valence-corrected chi connectivity index (χ4v) is 5.53. The minimum atomic E-state index is -1.36. The Labute approximate surface area is 197 Å². The Balaban J connectivity index is 1.37. The number of piperazine rings is 1. The van der Waals surface area contributed by atoms with E-state index >= 15 is 0 Å². The van der Waals surface area contributed by atoms with Crippen LogP contribution in [0.1, 0.15) is 44.1 Å². The van der Waals surface area contributed by atoms with Gasteiger partial charge in [0.2, 0.25) is 23.7 Å². The number of carbonyl (C=O) groups excluding carboxylic acids is 3. The largest absolute Gasteiger partial charge is 0.339 e. The summed E-state index contributed by atoms with van der Waals surface area (Å²) in [6.07, 6.45) is 6.64. The Morgan fingerprint density at radius 2 is 1.74 bits per heavy atom. The van der Waals surface area contributed by atoms with Gasteiger partial charge in [0.1, 0.15) is 5.82 Å². The molecule has 34 heavy (non-hydrogen) atoms. The summed E-state index contributed by atoms with van der Waals surface area (Å²) in [7, 11) is 0. The number of amides is 3. The highest BCUT2D eigenvalue weighted by molar-refractivity contribution is 6.11. The third-order valence-corrected chi connectivity index (χ3v) is 7.34. The van der Waals surface area contributed by atoms with Gasteiger partial charge in [-0.2, -0.15) is 0 Å². The maximum atomic E-state index is 14.2. The first kappa shape index (κ1) is 22.4. The van der Waals surface area contributed by atoms with Crippen molar-refractivity contribution >= 4 is 23.7 Å². The first-order valence-electron chi connectivity index (χ1n) is 11.9. The lowest BCUT2D eigenvalue weighted by molar-refractivity contribution is -0.144. The summed E-state index contributed by atoms with van der Waals surface area (Å²) >= 11 is 0. The molecule has 0 radical (unpaired) electrons. The van der Waals surface area contributed by atoms with Gasteiger partial charge < -0.3 is 9.80 Å². The zero-order valence-corrected chi connectivity index (χ0v) is 19.0. The van der Waals surface area contributed by atoms with Crippen LogP contribution >= 0.6 is 0 Å². The van der Waals surface area contributed by atoms with E-state index in [1.165, 1.54) is 23.1 Å². The molecule has 178 valence electrons. The zero-order chi connectivity index (χ0) is 23.7. The minimum Gasteiger partial charge on any atom is -0.339 e. The van der Waals surface area contributed by atoms with E-state index < -0.39 is 11.2 Å². The predicted molar refractivity (Wildman–Crippen MR) is 122 cm³/mol. The normalized spacial score (nSPS) is 23.7. The maximum Gasteiger partial charge on any atom is 0.241 e. The van der Waals surface area contributed by atoms with Crippen LogP contribution in [0, 0.1) is 5.82 Å². The third-order valence-electron chi connectivity index (χ3n) is 7.34. The molecule has 0 N–H and O–H groups in total. The van der Waals surface area contributed by atoms with Crippen LogP contribution in [0.5, 0.6) is 0 Å². The lowest BCUT2D eigenvalue weighted by Gasteiger charge is -2.37. The number of anilines is 1. The summed E-state index contributed by atoms with van der Waals surface area (Å²) in [5, 5.41) is 0. The number of benzene rings is 1. The molecule has 1 saturated carbocycles. The second-order valence-electron chi connectivity index (χ2n) is 9.37. The Kier molecular flexibility index (Phi) is 6.02. The maximum absolute atomic E-state index is 14.2. The number of halogens is 1. The molecule has 3 fully saturated rings. The average molecular weight is 466 g/mol. The quantitative estimate of drug-likeness (QED) is 0.630. The predicted octanol–water partition coefficient (Wildman–Crippen LogP) is 2.29. The molecule has 2 saturated heterocycles. The summed E-state index contributed by atoms with van der Waals surface area (Å²) in [6, 6.07) is 7.42. The van der Waals surface area contributed by atoms with Crippen LogP contribution in [0.25, 0.3) is 0 Å². The van der Waals surface area contributed by atoms with Crippen LogP contribution < -0.4 is 4.90 Å². The van der Waals surface area contributed by atoms with Crippen molar-refractivity contribution in [1.29, 1.82) is 0 Å². The second kappa shape index (κ2) is 9.12. The fourth-order valence-electron chi connectivity index (χ4n) is 5.53. The van der Waals surface area contributed by atoms with Crippen molar-refractivity contribution in [3.63, 3.8) is 0 Å². The van der Waals surface area contributed by atoms with E-state index in [-0.39, 0.29) is 36.6 Å². The Morgan fingerprint density at radius 3 is 2.41 bits per heavy atom. The summed E-state index contributed by atoms with van der Waals surface area (Å²) < 4.78 is 14.2. The van der Waals surface area contributed by atoms with Gasteiger partial charge in [0.25, 0.3) is 0 Å². The van der Waals surface area contributed by atoms with Crippen molar-refractivity contribution in [2.24, 2.45) is 0 Å². The van der Waals surface area contributed by atoms with Gasteiger partial charge in [-0.15, -0.1) is 0 Å². The van der Waals surface area contributed by atoms with Crippen LogP contribution in [-0.4, -0.2) is 69.7 Å². The number of aromatic nitrogens is 2. The van der Waals surface area contributed by atoms with E-state index in [2.05, 4.69) is 9.97 Å². The van der Waals surface area contributed by atoms with Gasteiger partial charge in [-0.25, -0.2) is 14.4 Å². The van der Waals surface area contributed by atoms with Crippen molar-refractivity contribution in [2.75, 3.05) is 31.1 Å². The topological polar surface area (TPSA) is 86.7 Å². The number of rotatable bonds is 5. The van der Waals surface area contributed by atoms with E-state index in [0.717, 1.165) is 25.7 Å². The Hall–Kier alpha value is -3.36. The molecule has 8 nitrogen and oxygen atoms in total. The van der Waals surface area contributed by atoms with Crippen molar-refractivity contribution in [1.82, 2.24) is 19.8 Å². The molecule has 5 rings (SSSR count). The number of hydrogen-bond acceptors (Lipinski definition) is 6. The molecule has 1 aliphatic carbocycles. The van der Waals surface area contributed by atoms with E-state index in [1.54, 1.807) is 29.4 Å². The Bertz CT molecular complexity index is 1080. The minimum absolute atomic E-state index is 0.102. The molecule has 3 heterocycles. The Morgan fingerprint density at radius 1 is 1.03 bits per heavy atom. The van der Waals surface area contributed by atoms with E-state index in [9.17, 15) is 18.8 Å². The number of nitrogens with zero attached hydrogens (tertiary/aromatic N) is 5. The molecule has 1 atom stereocenters. The molecular formula is C25H28FN5O3. The lowest BCUT2D eigenvalue weighted by Crippen LogP contribution is -2.51. The molecule has 3 aliphatic rings. The first-order chi connectivity index (χ1) is 16.5. The van der Waals surface area contributed by atoms with Gasteiger partial charge in [-0.1, -0.05) is 25.0 Å². The first-order valence-corrected chi connectivity index (χ1v) is 11.9. The molecule has 9 heteroatoms. The molecular weight excluding hydrogens is 437 g/mol. The average Bonchev–Trinajstić information content (AvgIpc) is 3.46. The van der Waals surface area contributed by atoms with Crippen LogP contribution in [0.4, 0.5) is 10.3 Å². The second-order valence-corrected chi connectivity index (χ2v) is 9.37. The van der Waals surface area contributed by atoms with Gasteiger partial charge in [0.15, 0.2) is 0 Å². The number of likely N-dealkylation sites (tertiary alicyclic amines) is 1. The third kappa shape index (κ3) is 4.03. The van der Waals surface area contributed by atoms with Crippen molar-refractivity contribution in [3.05, 3.63) is 54.1 Å². The smallest absolute Gasteiger partial charge is 0.241 e. The number of carbonyl (C=O) groups is 3. The van der Waals surface area contributed by atoms with Gasteiger partial charge in [-0.3, -0.25) is 19.3 Å². The highest BCUT2D eigenvalue weighted by Crippen LogP contribution is 2.43. The SMILES string of the molecule is O=C(C[C@@]1(c2cccc(F)c2)CC(=O)N(C2CCCC2)C1=O)N1CCN(c2ncccn2)CC1. The highest BCUT2D eigenvalue weighted by atomic mass is 19.1. The van der Waals surface area contributed by atoms with Crippen molar-refractivity contribution in [2.45, 2.75) is 50.0 Å². The highest BCUT2D eigenvalue weighted by Gasteiger charge is 2.56. The fraction of sp³-hybridized carbons (Fsp3) is 0.480. The standard InChI is InChI=1S/C25H28FN5O3/c26-19-6-3-5-18(15-19)25(17-22(33)31(23(25)34)20-7-1-2-8-20)16-21(32)29-11-13-30(14-12-29)24-27-9-4-10-28-24/h3-6,9-10,15,20H,1-2,7-8,11-14,16-17H2/t25-/m0/s1. The van der Waals surface area contributed by atoms with Gasteiger partial charge >= 0.3 is 0 Å². The monoisotopic (exact) mass is 465 g/mol. The molecule has 0 spiro atoms. The molecule has 0 bridgehead atoms. The van der Waals surface area contributed by atoms with Gasteiger partial charge in [0.05, 0.1) is 5.41 Å². The van der Waals surface area contributed by atoms with Crippen LogP contribution in [0.3, 0.4) is 0 Å².